The maximum Gasteiger partial charge on any atom is 0.508 e. The van der Waals surface area contributed by atoms with E-state index in [0.29, 0.717) is 17.2 Å². The van der Waals surface area contributed by atoms with E-state index in [9.17, 15) is 9.59 Å². The molecule has 6 nitrogen and oxygen atoms in total. The molecule has 0 spiro atoms. The van der Waals surface area contributed by atoms with E-state index in [0.717, 1.165) is 29.9 Å². The molecule has 1 saturated heterocycles. The summed E-state index contributed by atoms with van der Waals surface area (Å²) in [6, 6.07) is 12.8. The molecule has 2 aromatic carbocycles. The molecule has 4 rings (SSSR count). The van der Waals surface area contributed by atoms with E-state index in [2.05, 4.69) is 19.6 Å². The maximum absolute atomic E-state index is 15.2. The molecule has 216 valence electrons. The smallest absolute Gasteiger partial charge is 0.493 e. The minimum absolute atomic E-state index is 0.00848. The zero-order chi connectivity index (χ0) is 28.5. The van der Waals surface area contributed by atoms with E-state index in [1.165, 1.54) is 38.5 Å². The van der Waals surface area contributed by atoms with Crippen LogP contribution in [0.2, 0.25) is 0 Å². The summed E-state index contributed by atoms with van der Waals surface area (Å²) in [7, 11) is 0. The molecular weight excluding hydrogens is 511 g/mol. The van der Waals surface area contributed by atoms with E-state index >= 15 is 4.39 Å². The molecule has 40 heavy (non-hydrogen) atoms. The lowest BCUT2D eigenvalue weighted by Crippen LogP contribution is -2.47. The molecule has 0 aromatic heterocycles. The SMILES string of the molecule is C=C(C)C(=O)OCC1(COc2ccc(-c3ccc(C4CCC(CCCCC)CC4)cc3F)cc2)COC(=O)OC1. The fourth-order valence-corrected chi connectivity index (χ4v) is 5.51. The van der Waals surface area contributed by atoms with Crippen molar-refractivity contribution < 1.29 is 32.9 Å². The Morgan fingerprint density at radius 3 is 2.35 bits per heavy atom. The Morgan fingerprint density at radius 1 is 1.02 bits per heavy atom. The van der Waals surface area contributed by atoms with Gasteiger partial charge in [-0.25, -0.2) is 14.0 Å². The maximum atomic E-state index is 15.2. The molecule has 0 radical (unpaired) electrons. The number of unbranched alkanes of at least 4 members (excludes halogenated alkanes) is 2. The molecule has 0 bridgehead atoms. The van der Waals surface area contributed by atoms with E-state index in [1.807, 2.05) is 18.2 Å². The van der Waals surface area contributed by atoms with Gasteiger partial charge in [-0.05, 0) is 73.8 Å². The summed E-state index contributed by atoms with van der Waals surface area (Å²) in [6.07, 6.45) is 9.23. The van der Waals surface area contributed by atoms with Crippen molar-refractivity contribution in [2.75, 3.05) is 26.4 Å². The van der Waals surface area contributed by atoms with Crippen LogP contribution in [0.15, 0.2) is 54.6 Å². The van der Waals surface area contributed by atoms with Crippen LogP contribution in [0.4, 0.5) is 9.18 Å². The zero-order valence-electron chi connectivity index (χ0n) is 23.7. The summed E-state index contributed by atoms with van der Waals surface area (Å²) in [6.45, 7) is 7.40. The standard InChI is InChI=1S/C33H41FO6/c1-4-5-6-7-24-8-10-25(11-9-24)27-14-17-29(30(34)18-27)26-12-15-28(16-13-26)37-19-33(20-38-31(35)23(2)3)21-39-32(36)40-22-33/h12-18,24-25H,2,4-11,19-22H2,1,3H3. The first-order valence-electron chi connectivity index (χ1n) is 14.4. The van der Waals surface area contributed by atoms with Gasteiger partial charge in [0.25, 0.3) is 0 Å². The van der Waals surface area contributed by atoms with Crippen LogP contribution >= 0.6 is 0 Å². The lowest BCUT2D eigenvalue weighted by atomic mass is 9.77. The van der Waals surface area contributed by atoms with Crippen molar-refractivity contribution in [1.82, 2.24) is 0 Å². The lowest BCUT2D eigenvalue weighted by molar-refractivity contribution is -0.151. The van der Waals surface area contributed by atoms with Crippen molar-refractivity contribution in [2.45, 2.75) is 71.1 Å². The predicted molar refractivity (Wildman–Crippen MR) is 152 cm³/mol. The van der Waals surface area contributed by atoms with Crippen molar-refractivity contribution in [3.05, 3.63) is 66.0 Å². The van der Waals surface area contributed by atoms with Crippen LogP contribution in [0.5, 0.6) is 5.75 Å². The van der Waals surface area contributed by atoms with Crippen LogP contribution in [0.1, 0.15) is 76.7 Å². The van der Waals surface area contributed by atoms with Gasteiger partial charge < -0.3 is 18.9 Å². The first kappa shape index (κ1) is 29.6. The molecule has 1 aliphatic carbocycles. The number of benzene rings is 2. The number of hydrogen-bond acceptors (Lipinski definition) is 6. The molecule has 2 fully saturated rings. The molecule has 0 unspecified atom stereocenters. The average molecular weight is 553 g/mol. The van der Waals surface area contributed by atoms with Crippen molar-refractivity contribution in [3.8, 4) is 16.9 Å². The normalized spacial score (nSPS) is 20.2. The summed E-state index contributed by atoms with van der Waals surface area (Å²) >= 11 is 0. The quantitative estimate of drug-likeness (QED) is 0.151. The Morgan fingerprint density at radius 2 is 1.73 bits per heavy atom. The lowest BCUT2D eigenvalue weighted by Gasteiger charge is -2.34. The van der Waals surface area contributed by atoms with Gasteiger partial charge in [-0.3, -0.25) is 0 Å². The highest BCUT2D eigenvalue weighted by molar-refractivity contribution is 5.86. The van der Waals surface area contributed by atoms with Gasteiger partial charge in [0.1, 0.15) is 43.4 Å². The Hall–Kier alpha value is -3.35. The molecule has 1 saturated carbocycles. The number of hydrogen-bond donors (Lipinski definition) is 0. The first-order chi connectivity index (χ1) is 19.3. The zero-order valence-corrected chi connectivity index (χ0v) is 23.7. The monoisotopic (exact) mass is 552 g/mol. The second-order valence-corrected chi connectivity index (χ2v) is 11.4. The second kappa shape index (κ2) is 13.8. The highest BCUT2D eigenvalue weighted by Crippen LogP contribution is 2.39. The third-order valence-electron chi connectivity index (χ3n) is 8.09. The fourth-order valence-electron chi connectivity index (χ4n) is 5.51. The topological polar surface area (TPSA) is 71.1 Å². The van der Waals surface area contributed by atoms with Gasteiger partial charge in [0.2, 0.25) is 0 Å². The summed E-state index contributed by atoms with van der Waals surface area (Å²) < 4.78 is 36.6. The van der Waals surface area contributed by atoms with Gasteiger partial charge in [0.05, 0.1) is 0 Å². The number of carbonyl (C=O) groups excluding carboxylic acids is 2. The number of rotatable bonds is 12. The minimum atomic E-state index is -0.853. The third-order valence-corrected chi connectivity index (χ3v) is 8.09. The molecule has 0 atom stereocenters. The van der Waals surface area contributed by atoms with Crippen LogP contribution in [0.25, 0.3) is 11.1 Å². The molecule has 2 aliphatic rings. The van der Waals surface area contributed by atoms with Gasteiger partial charge >= 0.3 is 12.1 Å². The molecule has 0 amide bonds. The van der Waals surface area contributed by atoms with Crippen LogP contribution in [0, 0.1) is 17.2 Å². The van der Waals surface area contributed by atoms with Crippen LogP contribution in [-0.4, -0.2) is 38.6 Å². The number of halogens is 1. The van der Waals surface area contributed by atoms with Crippen LogP contribution in [0.3, 0.4) is 0 Å². The van der Waals surface area contributed by atoms with Crippen LogP contribution in [-0.2, 0) is 19.0 Å². The van der Waals surface area contributed by atoms with Crippen molar-refractivity contribution in [3.63, 3.8) is 0 Å². The summed E-state index contributed by atoms with van der Waals surface area (Å²) in [4.78, 5) is 23.3. The Labute approximate surface area is 236 Å². The summed E-state index contributed by atoms with van der Waals surface area (Å²) in [5, 5.41) is 0. The Bertz CT molecular complexity index is 1160. The molecule has 1 heterocycles. The minimum Gasteiger partial charge on any atom is -0.493 e. The molecule has 0 N–H and O–H groups in total. The number of carbonyl (C=O) groups is 2. The largest absolute Gasteiger partial charge is 0.508 e. The average Bonchev–Trinajstić information content (AvgIpc) is 2.97. The Balaban J connectivity index is 1.34. The van der Waals surface area contributed by atoms with E-state index < -0.39 is 17.5 Å². The van der Waals surface area contributed by atoms with Gasteiger partial charge in [0, 0.05) is 11.1 Å². The third kappa shape index (κ3) is 7.86. The predicted octanol–water partition coefficient (Wildman–Crippen LogP) is 8.00. The van der Waals surface area contributed by atoms with Crippen molar-refractivity contribution in [2.24, 2.45) is 11.3 Å². The summed E-state index contributed by atoms with van der Waals surface area (Å²) in [5.74, 6) is 1.07. The van der Waals surface area contributed by atoms with E-state index in [1.54, 1.807) is 25.1 Å². The number of ether oxygens (including phenoxy) is 4. The van der Waals surface area contributed by atoms with E-state index in [4.69, 9.17) is 18.9 Å². The second-order valence-electron chi connectivity index (χ2n) is 11.4. The molecule has 1 aliphatic heterocycles. The van der Waals surface area contributed by atoms with Crippen molar-refractivity contribution in [1.29, 1.82) is 0 Å². The van der Waals surface area contributed by atoms with Gasteiger partial charge in [0.15, 0.2) is 0 Å². The van der Waals surface area contributed by atoms with Crippen LogP contribution < -0.4 is 4.74 Å². The van der Waals surface area contributed by atoms with E-state index in [-0.39, 0.29) is 37.8 Å². The Kier molecular flexibility index (Phi) is 10.2. The fraction of sp³-hybridized carbons (Fsp3) is 0.515. The first-order valence-corrected chi connectivity index (χ1v) is 14.4. The molecular formula is C33H41FO6. The van der Waals surface area contributed by atoms with Gasteiger partial charge in [-0.2, -0.15) is 0 Å². The highest BCUT2D eigenvalue weighted by atomic mass is 19.1. The number of esters is 1. The molecule has 2 aromatic rings. The molecule has 7 heteroatoms. The summed E-state index contributed by atoms with van der Waals surface area (Å²) in [5.41, 5.74) is 1.83. The van der Waals surface area contributed by atoms with Gasteiger partial charge in [-0.15, -0.1) is 0 Å². The number of cyclic esters (lactones) is 2. The van der Waals surface area contributed by atoms with Crippen molar-refractivity contribution >= 4 is 12.1 Å². The van der Waals surface area contributed by atoms with Gasteiger partial charge in [-0.1, -0.05) is 63.5 Å². The highest BCUT2D eigenvalue weighted by Gasteiger charge is 2.40.